The highest BCUT2D eigenvalue weighted by molar-refractivity contribution is 5.24. The maximum Gasteiger partial charge on any atom is 0.0604 e. The van der Waals surface area contributed by atoms with Crippen molar-refractivity contribution in [3.63, 3.8) is 0 Å². The van der Waals surface area contributed by atoms with E-state index >= 15 is 0 Å². The third kappa shape index (κ3) is 5.14. The number of aliphatic hydroxyl groups is 1. The second-order valence-corrected chi connectivity index (χ2v) is 6.10. The maximum absolute atomic E-state index is 9.63. The van der Waals surface area contributed by atoms with Crippen molar-refractivity contribution in [1.82, 2.24) is 9.80 Å². The zero-order chi connectivity index (χ0) is 15.1. The summed E-state index contributed by atoms with van der Waals surface area (Å²) in [4.78, 5) is 4.79. The fourth-order valence-electron chi connectivity index (χ4n) is 2.75. The van der Waals surface area contributed by atoms with E-state index in [4.69, 9.17) is 0 Å². The lowest BCUT2D eigenvalue weighted by Gasteiger charge is -2.42. The molecule has 1 rings (SSSR count). The Bertz CT molecular complexity index is 371. The highest BCUT2D eigenvalue weighted by atomic mass is 16.3. The molecule has 114 valence electrons. The van der Waals surface area contributed by atoms with Crippen LogP contribution in [-0.2, 0) is 0 Å². The van der Waals surface area contributed by atoms with Gasteiger partial charge in [-0.2, -0.15) is 0 Å². The summed E-state index contributed by atoms with van der Waals surface area (Å²) in [6, 6.07) is 0.248. The summed E-state index contributed by atoms with van der Waals surface area (Å²) in [5, 5.41) is 9.63. The van der Waals surface area contributed by atoms with Crippen LogP contribution in [0.25, 0.3) is 0 Å². The minimum absolute atomic E-state index is 0.234. The molecule has 0 aliphatic carbocycles. The Morgan fingerprint density at radius 1 is 1.35 bits per heavy atom. The molecule has 1 aliphatic rings. The van der Waals surface area contributed by atoms with E-state index in [2.05, 4.69) is 50.1 Å². The van der Waals surface area contributed by atoms with E-state index in [-0.39, 0.29) is 12.6 Å². The predicted molar refractivity (Wildman–Crippen MR) is 86.6 cm³/mol. The molecule has 0 saturated carbocycles. The van der Waals surface area contributed by atoms with Gasteiger partial charge >= 0.3 is 0 Å². The van der Waals surface area contributed by atoms with Gasteiger partial charge in [0.15, 0.2) is 0 Å². The average molecular weight is 278 g/mol. The third-order valence-corrected chi connectivity index (χ3v) is 3.73. The summed E-state index contributed by atoms with van der Waals surface area (Å²) in [7, 11) is 0. The summed E-state index contributed by atoms with van der Waals surface area (Å²) in [6.45, 7) is 16.7. The zero-order valence-corrected chi connectivity index (χ0v) is 13.5. The van der Waals surface area contributed by atoms with Gasteiger partial charge in [0, 0.05) is 31.9 Å². The van der Waals surface area contributed by atoms with Crippen LogP contribution in [0.1, 0.15) is 27.7 Å². The largest absolute Gasteiger partial charge is 0.395 e. The van der Waals surface area contributed by atoms with Crippen molar-refractivity contribution in [3.8, 4) is 0 Å². The molecule has 3 nitrogen and oxygen atoms in total. The van der Waals surface area contributed by atoms with Gasteiger partial charge in [0.25, 0.3) is 0 Å². The number of rotatable bonds is 6. The molecule has 1 unspecified atom stereocenters. The topological polar surface area (TPSA) is 26.7 Å². The molecule has 20 heavy (non-hydrogen) atoms. The molecule has 1 heterocycles. The first-order valence-corrected chi connectivity index (χ1v) is 7.55. The molecular weight excluding hydrogens is 248 g/mol. The lowest BCUT2D eigenvalue weighted by atomic mass is 10.1. The van der Waals surface area contributed by atoms with Crippen molar-refractivity contribution in [1.29, 1.82) is 0 Å². The van der Waals surface area contributed by atoms with Crippen LogP contribution in [0, 0.1) is 5.92 Å². The molecule has 1 saturated heterocycles. The second-order valence-electron chi connectivity index (χ2n) is 6.10. The van der Waals surface area contributed by atoms with Crippen LogP contribution >= 0.6 is 0 Å². The van der Waals surface area contributed by atoms with Crippen LogP contribution in [0.2, 0.25) is 0 Å². The molecule has 0 bridgehead atoms. The van der Waals surface area contributed by atoms with E-state index in [1.165, 1.54) is 11.3 Å². The Labute approximate surface area is 124 Å². The summed E-state index contributed by atoms with van der Waals surface area (Å²) >= 11 is 0. The fourth-order valence-corrected chi connectivity index (χ4v) is 2.75. The van der Waals surface area contributed by atoms with Crippen LogP contribution in [0.5, 0.6) is 0 Å². The second kappa shape index (κ2) is 8.28. The number of piperazine rings is 1. The van der Waals surface area contributed by atoms with E-state index in [9.17, 15) is 5.11 Å². The first-order chi connectivity index (χ1) is 9.47. The van der Waals surface area contributed by atoms with E-state index in [0.717, 1.165) is 26.2 Å². The lowest BCUT2D eigenvalue weighted by molar-refractivity contribution is 0.0465. The first kappa shape index (κ1) is 17.0. The number of nitrogens with zero attached hydrogens (tertiary/aromatic N) is 2. The fraction of sp³-hybridized carbons (Fsp3) is 0.647. The molecular formula is C17H30N2O. The van der Waals surface area contributed by atoms with E-state index < -0.39 is 0 Å². The van der Waals surface area contributed by atoms with Crippen molar-refractivity contribution in [2.24, 2.45) is 5.92 Å². The molecule has 1 aliphatic heterocycles. The van der Waals surface area contributed by atoms with E-state index in [0.29, 0.717) is 5.92 Å². The molecule has 0 aromatic rings. The van der Waals surface area contributed by atoms with Crippen LogP contribution in [0.4, 0.5) is 0 Å². The molecule has 3 heteroatoms. The Hall–Kier alpha value is -1.06. The Morgan fingerprint density at radius 3 is 2.60 bits per heavy atom. The molecule has 0 amide bonds. The van der Waals surface area contributed by atoms with Crippen molar-refractivity contribution < 1.29 is 5.11 Å². The summed E-state index contributed by atoms with van der Waals surface area (Å²) in [5.74, 6) is 0.644. The van der Waals surface area contributed by atoms with Crippen LogP contribution in [0.3, 0.4) is 0 Å². The van der Waals surface area contributed by atoms with Crippen molar-refractivity contribution in [2.75, 3.05) is 32.8 Å². The SMILES string of the molecule is C=C/C=C(C)/C=C(\C)N1CCN(CC(C)C)C(CO)C1. The lowest BCUT2D eigenvalue weighted by Crippen LogP contribution is -2.54. The molecule has 0 aromatic heterocycles. The molecule has 0 radical (unpaired) electrons. The highest BCUT2D eigenvalue weighted by Crippen LogP contribution is 2.17. The van der Waals surface area contributed by atoms with Gasteiger partial charge in [-0.3, -0.25) is 4.90 Å². The maximum atomic E-state index is 9.63. The number of aliphatic hydroxyl groups excluding tert-OH is 1. The number of hydrogen-bond acceptors (Lipinski definition) is 3. The van der Waals surface area contributed by atoms with Gasteiger partial charge in [0.2, 0.25) is 0 Å². The molecule has 0 spiro atoms. The predicted octanol–water partition coefficient (Wildman–Crippen LogP) is 2.66. The number of allylic oxidation sites excluding steroid dienone is 5. The van der Waals surface area contributed by atoms with Crippen LogP contribution in [-0.4, -0.2) is 53.7 Å². The Balaban J connectivity index is 2.68. The normalized spacial score (nSPS) is 22.5. The van der Waals surface area contributed by atoms with Gasteiger partial charge in [-0.15, -0.1) is 0 Å². The standard InChI is InChI=1S/C17H30N2O/c1-6-7-15(4)10-16(5)18-8-9-19(11-14(2)3)17(12-18)13-20/h6-7,10,14,17,20H,1,8-9,11-13H2,2-5H3/b15-7+,16-10+. The smallest absolute Gasteiger partial charge is 0.0604 e. The first-order valence-electron chi connectivity index (χ1n) is 7.55. The zero-order valence-electron chi connectivity index (χ0n) is 13.5. The summed E-state index contributed by atoms with van der Waals surface area (Å²) < 4.78 is 0. The van der Waals surface area contributed by atoms with Gasteiger partial charge < -0.3 is 10.0 Å². The highest BCUT2D eigenvalue weighted by Gasteiger charge is 2.26. The minimum Gasteiger partial charge on any atom is -0.395 e. The number of hydrogen-bond donors (Lipinski definition) is 1. The molecule has 1 N–H and O–H groups in total. The Kier molecular flexibility index (Phi) is 7.03. The average Bonchev–Trinajstić information content (AvgIpc) is 2.38. The molecule has 0 aromatic carbocycles. The minimum atomic E-state index is 0.234. The van der Waals surface area contributed by atoms with Gasteiger partial charge in [-0.05, 0) is 31.4 Å². The van der Waals surface area contributed by atoms with E-state index in [1.54, 1.807) is 0 Å². The van der Waals surface area contributed by atoms with Gasteiger partial charge in [-0.25, -0.2) is 0 Å². The van der Waals surface area contributed by atoms with Crippen LogP contribution < -0.4 is 0 Å². The summed E-state index contributed by atoms with van der Waals surface area (Å²) in [5.41, 5.74) is 2.48. The van der Waals surface area contributed by atoms with Crippen molar-refractivity contribution in [2.45, 2.75) is 33.7 Å². The monoisotopic (exact) mass is 278 g/mol. The quantitative estimate of drug-likeness (QED) is 0.757. The van der Waals surface area contributed by atoms with E-state index in [1.807, 2.05) is 12.2 Å². The molecule has 1 fully saturated rings. The van der Waals surface area contributed by atoms with Crippen LogP contribution in [0.15, 0.2) is 36.1 Å². The summed E-state index contributed by atoms with van der Waals surface area (Å²) in [6.07, 6.45) is 6.02. The third-order valence-electron chi connectivity index (χ3n) is 3.73. The van der Waals surface area contributed by atoms with Crippen molar-refractivity contribution >= 4 is 0 Å². The van der Waals surface area contributed by atoms with Gasteiger partial charge in [0.1, 0.15) is 0 Å². The van der Waals surface area contributed by atoms with Crippen molar-refractivity contribution in [3.05, 3.63) is 36.1 Å². The molecule has 1 atom stereocenters. The van der Waals surface area contributed by atoms with Gasteiger partial charge in [-0.1, -0.05) is 32.6 Å². The van der Waals surface area contributed by atoms with Gasteiger partial charge in [0.05, 0.1) is 12.6 Å². The Morgan fingerprint density at radius 2 is 2.05 bits per heavy atom.